The molecule has 3 rings (SSSR count). The molecule has 2 unspecified atom stereocenters. The van der Waals surface area contributed by atoms with Gasteiger partial charge in [0.25, 0.3) is 0 Å². The molecule has 0 radical (unpaired) electrons. The third kappa shape index (κ3) is 5.94. The molecule has 0 spiro atoms. The van der Waals surface area contributed by atoms with Gasteiger partial charge >= 0.3 is 6.09 Å². The summed E-state index contributed by atoms with van der Waals surface area (Å²) in [6, 6.07) is 14.8. The first kappa shape index (κ1) is 21.1. The molecule has 1 fully saturated rings. The minimum atomic E-state index is -0.417. The van der Waals surface area contributed by atoms with E-state index in [0.717, 1.165) is 25.9 Å². The molecule has 2 aromatic rings. The molecule has 2 atom stereocenters. The van der Waals surface area contributed by atoms with E-state index in [1.54, 1.807) is 17.0 Å². The zero-order chi connectivity index (χ0) is 20.6. The number of carbonyl (C=O) groups is 1. The van der Waals surface area contributed by atoms with Gasteiger partial charge in [0.1, 0.15) is 18.2 Å². The summed E-state index contributed by atoms with van der Waals surface area (Å²) in [6.07, 6.45) is 1.37. The number of ether oxygens (including phenoxy) is 2. The van der Waals surface area contributed by atoms with Gasteiger partial charge in [-0.05, 0) is 50.5 Å². The SMILES string of the molecule is CC1CNCC(C)N1C(=O)OCc1cc(OCCCc2ccccc2)ccc1F. The second kappa shape index (κ2) is 10.3. The smallest absolute Gasteiger partial charge is 0.410 e. The number of halogens is 1. The molecule has 1 aliphatic heterocycles. The van der Waals surface area contributed by atoms with Crippen molar-refractivity contribution >= 4 is 6.09 Å². The minimum absolute atomic E-state index is 0.0374. The summed E-state index contributed by atoms with van der Waals surface area (Å²) in [6.45, 7) is 5.80. The van der Waals surface area contributed by atoms with E-state index in [4.69, 9.17) is 9.47 Å². The topological polar surface area (TPSA) is 50.8 Å². The van der Waals surface area contributed by atoms with Gasteiger partial charge in [0.15, 0.2) is 0 Å². The maximum absolute atomic E-state index is 14.2. The van der Waals surface area contributed by atoms with E-state index in [-0.39, 0.29) is 18.7 Å². The summed E-state index contributed by atoms with van der Waals surface area (Å²) in [4.78, 5) is 14.2. The largest absolute Gasteiger partial charge is 0.494 e. The molecule has 0 saturated carbocycles. The second-order valence-electron chi connectivity index (χ2n) is 7.51. The van der Waals surface area contributed by atoms with E-state index in [9.17, 15) is 9.18 Å². The van der Waals surface area contributed by atoms with Crippen LogP contribution in [0.5, 0.6) is 5.75 Å². The van der Waals surface area contributed by atoms with Crippen LogP contribution in [-0.2, 0) is 17.8 Å². The number of piperazine rings is 1. The lowest BCUT2D eigenvalue weighted by Gasteiger charge is -2.38. The number of hydrogen-bond donors (Lipinski definition) is 1. The molecular weight excluding hydrogens is 371 g/mol. The third-order valence-corrected chi connectivity index (χ3v) is 5.13. The van der Waals surface area contributed by atoms with Crippen LogP contribution in [0.3, 0.4) is 0 Å². The Kier molecular flexibility index (Phi) is 7.47. The van der Waals surface area contributed by atoms with Crippen molar-refractivity contribution in [2.75, 3.05) is 19.7 Å². The number of aryl methyl sites for hydroxylation is 1. The van der Waals surface area contributed by atoms with Crippen molar-refractivity contribution in [2.24, 2.45) is 0 Å². The van der Waals surface area contributed by atoms with Crippen LogP contribution < -0.4 is 10.1 Å². The van der Waals surface area contributed by atoms with E-state index >= 15 is 0 Å². The lowest BCUT2D eigenvalue weighted by Crippen LogP contribution is -2.57. The van der Waals surface area contributed by atoms with Gasteiger partial charge in [-0.15, -0.1) is 0 Å². The molecule has 1 aliphatic rings. The average Bonchev–Trinajstić information content (AvgIpc) is 2.72. The van der Waals surface area contributed by atoms with Crippen LogP contribution in [0.1, 0.15) is 31.4 Å². The van der Waals surface area contributed by atoms with Crippen molar-refractivity contribution in [3.8, 4) is 5.75 Å². The summed E-state index contributed by atoms with van der Waals surface area (Å²) in [5.41, 5.74) is 1.58. The predicted octanol–water partition coefficient (Wildman–Crippen LogP) is 4.16. The lowest BCUT2D eigenvalue weighted by atomic mass is 10.1. The summed E-state index contributed by atoms with van der Waals surface area (Å²) in [5, 5.41) is 3.27. The Morgan fingerprint density at radius 1 is 1.14 bits per heavy atom. The Balaban J connectivity index is 1.50. The van der Waals surface area contributed by atoms with Crippen LogP contribution in [0.2, 0.25) is 0 Å². The number of nitrogens with one attached hydrogen (secondary N) is 1. The summed E-state index contributed by atoms with van der Waals surface area (Å²) in [5.74, 6) is 0.172. The standard InChI is InChI=1S/C23H29FN2O3/c1-17-14-25-15-18(2)26(17)23(27)29-16-20-13-21(10-11-22(20)24)28-12-6-9-19-7-4-3-5-8-19/h3-5,7-8,10-11,13,17-18,25H,6,9,12,14-16H2,1-2H3. The van der Waals surface area contributed by atoms with Crippen molar-refractivity contribution in [3.05, 3.63) is 65.5 Å². The van der Waals surface area contributed by atoms with Gasteiger partial charge in [0.05, 0.1) is 6.61 Å². The van der Waals surface area contributed by atoms with Crippen molar-refractivity contribution in [3.63, 3.8) is 0 Å². The molecular formula is C23H29FN2O3. The summed E-state index contributed by atoms with van der Waals surface area (Å²) < 4.78 is 25.3. The van der Waals surface area contributed by atoms with Crippen LogP contribution in [-0.4, -0.2) is 42.8 Å². The molecule has 6 heteroatoms. The van der Waals surface area contributed by atoms with Crippen molar-refractivity contribution < 1.29 is 18.7 Å². The molecule has 0 aromatic heterocycles. The fourth-order valence-electron chi connectivity index (χ4n) is 3.57. The van der Waals surface area contributed by atoms with Crippen molar-refractivity contribution in [1.29, 1.82) is 0 Å². The van der Waals surface area contributed by atoms with E-state index in [2.05, 4.69) is 17.4 Å². The first-order valence-electron chi connectivity index (χ1n) is 10.2. The normalized spacial score (nSPS) is 19.1. The molecule has 0 aliphatic carbocycles. The van der Waals surface area contributed by atoms with Gasteiger partial charge in [0.2, 0.25) is 0 Å². The third-order valence-electron chi connectivity index (χ3n) is 5.13. The lowest BCUT2D eigenvalue weighted by molar-refractivity contribution is 0.0557. The first-order valence-corrected chi connectivity index (χ1v) is 10.2. The van der Waals surface area contributed by atoms with Crippen molar-refractivity contribution in [1.82, 2.24) is 10.2 Å². The molecule has 1 heterocycles. The molecule has 1 saturated heterocycles. The minimum Gasteiger partial charge on any atom is -0.494 e. The number of hydrogen-bond acceptors (Lipinski definition) is 4. The van der Waals surface area contributed by atoms with Gasteiger partial charge in [-0.25, -0.2) is 9.18 Å². The van der Waals surface area contributed by atoms with E-state index in [0.29, 0.717) is 17.9 Å². The summed E-state index contributed by atoms with van der Waals surface area (Å²) in [7, 11) is 0. The van der Waals surface area contributed by atoms with Gasteiger partial charge in [-0.1, -0.05) is 30.3 Å². The Morgan fingerprint density at radius 2 is 1.86 bits per heavy atom. The van der Waals surface area contributed by atoms with Crippen LogP contribution in [0.25, 0.3) is 0 Å². The highest BCUT2D eigenvalue weighted by molar-refractivity contribution is 5.68. The van der Waals surface area contributed by atoms with E-state index in [1.165, 1.54) is 11.6 Å². The molecule has 0 bridgehead atoms. The zero-order valence-electron chi connectivity index (χ0n) is 17.1. The second-order valence-corrected chi connectivity index (χ2v) is 7.51. The molecule has 5 nitrogen and oxygen atoms in total. The highest BCUT2D eigenvalue weighted by Gasteiger charge is 2.30. The number of amides is 1. The molecule has 1 N–H and O–H groups in total. The maximum Gasteiger partial charge on any atom is 0.410 e. The number of carbonyl (C=O) groups excluding carboxylic acids is 1. The highest BCUT2D eigenvalue weighted by Crippen LogP contribution is 2.20. The first-order chi connectivity index (χ1) is 14.0. The van der Waals surface area contributed by atoms with Crippen molar-refractivity contribution in [2.45, 2.75) is 45.4 Å². The number of rotatable bonds is 7. The molecule has 156 valence electrons. The monoisotopic (exact) mass is 400 g/mol. The van der Waals surface area contributed by atoms with Crippen LogP contribution in [0.4, 0.5) is 9.18 Å². The maximum atomic E-state index is 14.2. The van der Waals surface area contributed by atoms with Crippen LogP contribution in [0.15, 0.2) is 48.5 Å². The summed E-state index contributed by atoms with van der Waals surface area (Å²) >= 11 is 0. The number of nitrogens with zero attached hydrogens (tertiary/aromatic N) is 1. The Hall–Kier alpha value is -2.60. The van der Waals surface area contributed by atoms with Gasteiger partial charge < -0.3 is 19.7 Å². The highest BCUT2D eigenvalue weighted by atomic mass is 19.1. The van der Waals surface area contributed by atoms with Crippen LogP contribution >= 0.6 is 0 Å². The predicted molar refractivity (Wildman–Crippen MR) is 110 cm³/mol. The Labute approximate surface area is 171 Å². The fraction of sp³-hybridized carbons (Fsp3) is 0.435. The number of benzene rings is 2. The van der Waals surface area contributed by atoms with Gasteiger partial charge in [-0.2, -0.15) is 0 Å². The fourth-order valence-corrected chi connectivity index (χ4v) is 3.57. The van der Waals surface area contributed by atoms with E-state index < -0.39 is 11.9 Å². The molecule has 2 aromatic carbocycles. The van der Waals surface area contributed by atoms with Crippen LogP contribution in [0, 0.1) is 5.82 Å². The Bertz CT molecular complexity index is 790. The van der Waals surface area contributed by atoms with E-state index in [1.807, 2.05) is 32.0 Å². The zero-order valence-corrected chi connectivity index (χ0v) is 17.1. The molecule has 1 amide bonds. The van der Waals surface area contributed by atoms with Gasteiger partial charge in [-0.3, -0.25) is 0 Å². The quantitative estimate of drug-likeness (QED) is 0.709. The Morgan fingerprint density at radius 3 is 2.59 bits per heavy atom. The average molecular weight is 400 g/mol. The molecule has 29 heavy (non-hydrogen) atoms. The van der Waals surface area contributed by atoms with Gasteiger partial charge in [0, 0.05) is 30.7 Å².